The molecule has 1 aliphatic rings. The maximum atomic E-state index is 10.7. The quantitative estimate of drug-likeness (QED) is 0.359. The summed E-state index contributed by atoms with van der Waals surface area (Å²) in [5.74, 6) is -0.0340. The van der Waals surface area contributed by atoms with Crippen LogP contribution >= 0.6 is 0 Å². The van der Waals surface area contributed by atoms with E-state index in [4.69, 9.17) is 0 Å². The molecule has 0 saturated heterocycles. The molecule has 32 heavy (non-hydrogen) atoms. The monoisotopic (exact) mass is 517 g/mol. The molecule has 0 bridgehead atoms. The fraction of sp³-hybridized carbons (Fsp3) is 0.714. The average Bonchev–Trinajstić information content (AvgIpc) is 2.67. The van der Waals surface area contributed by atoms with Crippen molar-refractivity contribution in [2.45, 2.75) is 125 Å². The van der Waals surface area contributed by atoms with Gasteiger partial charge < -0.3 is 15.3 Å². The molecule has 4 heteroatoms. The van der Waals surface area contributed by atoms with Gasteiger partial charge in [-0.2, -0.15) is 6.92 Å². The minimum absolute atomic E-state index is 0. The van der Waals surface area contributed by atoms with Crippen molar-refractivity contribution < 1.29 is 37.8 Å². The molecular formula is C28H48N2OY-2. The van der Waals surface area contributed by atoms with Crippen LogP contribution in [0.5, 0.6) is 0 Å². The Morgan fingerprint density at radius 2 is 1.09 bits per heavy atom. The number of rotatable bonds is 5. The van der Waals surface area contributed by atoms with Gasteiger partial charge in [0.05, 0.1) is 6.23 Å². The molecule has 0 saturated carbocycles. The molecule has 1 heterocycles. The summed E-state index contributed by atoms with van der Waals surface area (Å²) >= 11 is 0. The summed E-state index contributed by atoms with van der Waals surface area (Å²) < 4.78 is 0. The summed E-state index contributed by atoms with van der Waals surface area (Å²) in [6.07, 6.45) is -0.610. The van der Waals surface area contributed by atoms with Crippen LogP contribution in [0.15, 0.2) is 0 Å². The van der Waals surface area contributed by atoms with Crippen LogP contribution in [0, 0.1) is 46.7 Å². The summed E-state index contributed by atoms with van der Waals surface area (Å²) in [6.45, 7) is 36.4. The second kappa shape index (κ2) is 9.69. The molecule has 1 aromatic carbocycles. The van der Waals surface area contributed by atoms with Gasteiger partial charge in [-0.3, -0.25) is 13.1 Å². The summed E-state index contributed by atoms with van der Waals surface area (Å²) in [5.41, 5.74) is 8.12. The predicted octanol–water partition coefficient (Wildman–Crippen LogP) is 6.23. The number of fused-ring (bicyclic) bond motifs is 1. The van der Waals surface area contributed by atoms with E-state index in [0.29, 0.717) is 0 Å². The Hall–Kier alpha value is 0.204. The maximum Gasteiger partial charge on any atom is 0.0541 e. The summed E-state index contributed by atoms with van der Waals surface area (Å²) in [5, 5.41) is 13.7. The second-order valence-corrected chi connectivity index (χ2v) is 11.9. The smallest absolute Gasteiger partial charge is 0.0541 e. The van der Waals surface area contributed by atoms with Gasteiger partial charge in [0.15, 0.2) is 0 Å². The van der Waals surface area contributed by atoms with Crippen LogP contribution in [0.4, 0.5) is 0 Å². The zero-order valence-corrected chi connectivity index (χ0v) is 26.1. The van der Waals surface area contributed by atoms with Crippen LogP contribution in [-0.4, -0.2) is 27.3 Å². The number of hydrogen-bond donors (Lipinski definition) is 2. The van der Waals surface area contributed by atoms with Gasteiger partial charge in [0.1, 0.15) is 0 Å². The SMILES string of the molecule is C[CH-]NC(O)C(C)[CH-]N1C(C)(C)C(C)(C)c2c(C)c(C)c(C)c(C)c2C(C)(C)C1(C)C.[Y]. The van der Waals surface area contributed by atoms with Gasteiger partial charge in [-0.1, -0.05) is 34.6 Å². The van der Waals surface area contributed by atoms with E-state index < -0.39 is 6.23 Å². The first kappa shape index (κ1) is 30.2. The number of aliphatic hydroxyl groups is 1. The molecule has 0 fully saturated rings. The van der Waals surface area contributed by atoms with Gasteiger partial charge in [0.2, 0.25) is 0 Å². The Balaban J connectivity index is 0.00000512. The summed E-state index contributed by atoms with van der Waals surface area (Å²) in [4.78, 5) is 2.56. The van der Waals surface area contributed by atoms with E-state index in [-0.39, 0.29) is 60.5 Å². The Morgan fingerprint density at radius 1 is 0.750 bits per heavy atom. The molecule has 181 valence electrons. The average molecular weight is 518 g/mol. The van der Waals surface area contributed by atoms with Crippen molar-refractivity contribution in [1.29, 1.82) is 0 Å². The molecule has 2 rings (SSSR count). The molecule has 1 aliphatic heterocycles. The Morgan fingerprint density at radius 3 is 1.41 bits per heavy atom. The first-order valence-electron chi connectivity index (χ1n) is 11.9. The van der Waals surface area contributed by atoms with Crippen LogP contribution in [-0.2, 0) is 43.5 Å². The Kier molecular flexibility index (Phi) is 9.15. The molecule has 0 amide bonds. The Labute approximate surface area is 224 Å². The number of benzene rings is 1. The van der Waals surface area contributed by atoms with Crippen molar-refractivity contribution in [2.24, 2.45) is 5.92 Å². The number of hydrogen-bond acceptors (Lipinski definition) is 3. The van der Waals surface area contributed by atoms with Gasteiger partial charge in [-0.15, -0.1) is 5.92 Å². The van der Waals surface area contributed by atoms with Crippen molar-refractivity contribution in [3.05, 3.63) is 46.5 Å². The minimum atomic E-state index is -0.610. The summed E-state index contributed by atoms with van der Waals surface area (Å²) in [6, 6.07) is 0. The molecule has 2 N–H and O–H groups in total. The van der Waals surface area contributed by atoms with Crippen molar-refractivity contribution >= 4 is 0 Å². The third kappa shape index (κ3) is 4.32. The Bertz CT molecular complexity index is 780. The van der Waals surface area contributed by atoms with Gasteiger partial charge in [0, 0.05) is 43.5 Å². The van der Waals surface area contributed by atoms with Gasteiger partial charge in [0.25, 0.3) is 0 Å². The van der Waals surface area contributed by atoms with Crippen LogP contribution in [0.25, 0.3) is 0 Å². The number of nitrogens with zero attached hydrogens (tertiary/aromatic N) is 1. The largest absolute Gasteiger partial charge is 0.448 e. The van der Waals surface area contributed by atoms with Crippen molar-refractivity contribution in [1.82, 2.24) is 10.2 Å². The molecule has 3 nitrogen and oxygen atoms in total. The van der Waals surface area contributed by atoms with Crippen molar-refractivity contribution in [3.8, 4) is 0 Å². The third-order valence-corrected chi connectivity index (χ3v) is 9.42. The van der Waals surface area contributed by atoms with E-state index >= 15 is 0 Å². The fourth-order valence-corrected chi connectivity index (χ4v) is 5.80. The molecule has 0 aromatic heterocycles. The zero-order valence-electron chi connectivity index (χ0n) is 23.3. The van der Waals surface area contributed by atoms with Crippen molar-refractivity contribution in [3.63, 3.8) is 0 Å². The molecular weight excluding hydrogens is 469 g/mol. The van der Waals surface area contributed by atoms with E-state index in [2.05, 4.69) is 107 Å². The van der Waals surface area contributed by atoms with E-state index in [1.165, 1.54) is 33.4 Å². The topological polar surface area (TPSA) is 35.5 Å². The first-order valence-corrected chi connectivity index (χ1v) is 11.9. The molecule has 2 unspecified atom stereocenters. The van der Waals surface area contributed by atoms with Crippen LogP contribution < -0.4 is 5.32 Å². The number of nitrogens with one attached hydrogen (secondary N) is 1. The molecule has 0 spiro atoms. The zero-order chi connectivity index (χ0) is 24.3. The first-order chi connectivity index (χ1) is 13.9. The van der Waals surface area contributed by atoms with E-state index in [1.807, 2.05) is 13.5 Å². The van der Waals surface area contributed by atoms with Gasteiger partial charge >= 0.3 is 0 Å². The van der Waals surface area contributed by atoms with E-state index in [1.54, 1.807) is 0 Å². The molecule has 0 aliphatic carbocycles. The standard InChI is InChI=1S/C28H48N2O.Y/c1-15-29-24(31)17(2)16-30-27(11,12)25(7,8)22-20(5)18(3)19(4)21(6)23(22)26(9,10)28(30,13)14;/h15-17,24,29,31H,1-14H3;/q-2;. The van der Waals surface area contributed by atoms with Crippen LogP contribution in [0.1, 0.15) is 103 Å². The van der Waals surface area contributed by atoms with Crippen molar-refractivity contribution in [2.75, 3.05) is 0 Å². The maximum absolute atomic E-state index is 10.7. The van der Waals surface area contributed by atoms with Gasteiger partial charge in [-0.05, 0) is 99.8 Å². The van der Waals surface area contributed by atoms with Gasteiger partial charge in [-0.25, -0.2) is 0 Å². The molecule has 1 radical (unpaired) electrons. The minimum Gasteiger partial charge on any atom is -0.448 e. The fourth-order valence-electron chi connectivity index (χ4n) is 5.80. The van der Waals surface area contributed by atoms with Crippen LogP contribution in [0.2, 0.25) is 0 Å². The molecule has 1 aromatic rings. The second-order valence-electron chi connectivity index (χ2n) is 11.9. The normalized spacial score (nSPS) is 23.0. The van der Waals surface area contributed by atoms with Crippen LogP contribution in [0.3, 0.4) is 0 Å². The third-order valence-electron chi connectivity index (χ3n) is 9.42. The van der Waals surface area contributed by atoms with E-state index in [0.717, 1.165) is 0 Å². The predicted molar refractivity (Wildman–Crippen MR) is 134 cm³/mol. The number of aliphatic hydroxyl groups excluding tert-OH is 1. The van der Waals surface area contributed by atoms with E-state index in [9.17, 15) is 5.11 Å². The molecule has 2 atom stereocenters. The summed E-state index contributed by atoms with van der Waals surface area (Å²) in [7, 11) is 0.